The molecule has 0 radical (unpaired) electrons. The summed E-state index contributed by atoms with van der Waals surface area (Å²) >= 11 is 0. The topological polar surface area (TPSA) is 92.5 Å². The second-order valence-corrected chi connectivity index (χ2v) is 6.97. The molecule has 1 heterocycles. The van der Waals surface area contributed by atoms with Crippen molar-refractivity contribution in [3.8, 4) is 0 Å². The minimum Gasteiger partial charge on any atom is -0.328 e. The van der Waals surface area contributed by atoms with Gasteiger partial charge >= 0.3 is 0 Å². The van der Waals surface area contributed by atoms with Crippen LogP contribution >= 0.6 is 0 Å². The monoisotopic (exact) mass is 263 g/mol. The van der Waals surface area contributed by atoms with Gasteiger partial charge in [-0.2, -0.15) is 0 Å². The van der Waals surface area contributed by atoms with Gasteiger partial charge in [-0.1, -0.05) is 0 Å². The zero-order valence-electron chi connectivity index (χ0n) is 10.3. The van der Waals surface area contributed by atoms with Crippen molar-refractivity contribution in [1.29, 1.82) is 0 Å². The van der Waals surface area contributed by atoms with Crippen LogP contribution in [0.15, 0.2) is 0 Å². The lowest BCUT2D eigenvalue weighted by Crippen LogP contribution is -2.46. The highest BCUT2D eigenvalue weighted by Crippen LogP contribution is 2.07. The van der Waals surface area contributed by atoms with Crippen molar-refractivity contribution in [2.45, 2.75) is 38.0 Å². The summed E-state index contributed by atoms with van der Waals surface area (Å²) in [6.07, 6.45) is 1.70. The molecule has 1 amide bonds. The molecule has 7 heteroatoms. The average Bonchev–Trinajstić information content (AvgIpc) is 2.20. The number of carbonyl (C=O) groups is 1. The van der Waals surface area contributed by atoms with E-state index in [1.165, 1.54) is 13.8 Å². The van der Waals surface area contributed by atoms with Crippen LogP contribution in [0.25, 0.3) is 0 Å². The Hall–Kier alpha value is -0.660. The van der Waals surface area contributed by atoms with E-state index in [-0.39, 0.29) is 12.6 Å². The van der Waals surface area contributed by atoms with Crippen LogP contribution in [0.2, 0.25) is 0 Å². The molecular weight excluding hydrogens is 242 g/mol. The third-order valence-corrected chi connectivity index (χ3v) is 4.63. The fourth-order valence-electron chi connectivity index (χ4n) is 1.62. The largest absolute Gasteiger partial charge is 0.328 e. The van der Waals surface area contributed by atoms with Gasteiger partial charge in [-0.25, -0.2) is 8.42 Å². The zero-order valence-corrected chi connectivity index (χ0v) is 11.2. The maximum Gasteiger partial charge on any atom is 0.247 e. The van der Waals surface area contributed by atoms with E-state index in [9.17, 15) is 13.2 Å². The van der Waals surface area contributed by atoms with Crippen molar-refractivity contribution in [2.24, 2.45) is 5.73 Å². The second-order valence-electron chi connectivity index (χ2n) is 4.73. The molecule has 3 N–H and O–H groups in total. The number of sulfonamides is 1. The van der Waals surface area contributed by atoms with Gasteiger partial charge in [-0.15, -0.1) is 0 Å². The van der Waals surface area contributed by atoms with Gasteiger partial charge in [0.2, 0.25) is 15.9 Å². The molecule has 100 valence electrons. The molecule has 0 aromatic rings. The molecule has 6 nitrogen and oxygen atoms in total. The van der Waals surface area contributed by atoms with Crippen molar-refractivity contribution in [3.05, 3.63) is 0 Å². The van der Waals surface area contributed by atoms with E-state index < -0.39 is 21.2 Å². The van der Waals surface area contributed by atoms with Gasteiger partial charge in [-0.3, -0.25) is 14.4 Å². The Morgan fingerprint density at radius 2 is 1.94 bits per heavy atom. The summed E-state index contributed by atoms with van der Waals surface area (Å²) in [7, 11) is -3.51. The second kappa shape index (κ2) is 5.79. The SMILES string of the molecule is CC(C)S(=O)(=O)NC(=O)CN1CCC(N)CC1. The molecule has 1 saturated heterocycles. The van der Waals surface area contributed by atoms with E-state index >= 15 is 0 Å². The third-order valence-electron chi connectivity index (χ3n) is 2.88. The van der Waals surface area contributed by atoms with E-state index in [1.54, 1.807) is 0 Å². The van der Waals surface area contributed by atoms with E-state index in [0.29, 0.717) is 0 Å². The predicted octanol–water partition coefficient (Wildman–Crippen LogP) is -0.736. The van der Waals surface area contributed by atoms with E-state index in [0.717, 1.165) is 25.9 Å². The lowest BCUT2D eigenvalue weighted by Gasteiger charge is -2.29. The Bertz CT molecular complexity index is 359. The van der Waals surface area contributed by atoms with Crippen molar-refractivity contribution in [3.63, 3.8) is 0 Å². The normalized spacial score (nSPS) is 19.5. The van der Waals surface area contributed by atoms with Crippen molar-refractivity contribution in [2.75, 3.05) is 19.6 Å². The number of carbonyl (C=O) groups excluding carboxylic acids is 1. The Morgan fingerprint density at radius 1 is 1.41 bits per heavy atom. The Kier molecular flexibility index (Phi) is 4.91. The first kappa shape index (κ1) is 14.4. The number of rotatable bonds is 4. The maximum atomic E-state index is 11.5. The van der Waals surface area contributed by atoms with Crippen LogP contribution in [0.3, 0.4) is 0 Å². The van der Waals surface area contributed by atoms with Gasteiger partial charge in [0.25, 0.3) is 0 Å². The third kappa shape index (κ3) is 4.61. The first-order valence-electron chi connectivity index (χ1n) is 5.83. The minimum absolute atomic E-state index is 0.124. The summed E-state index contributed by atoms with van der Waals surface area (Å²) in [5.74, 6) is -0.464. The van der Waals surface area contributed by atoms with E-state index in [2.05, 4.69) is 4.72 Å². The summed E-state index contributed by atoms with van der Waals surface area (Å²) in [4.78, 5) is 13.5. The Morgan fingerprint density at radius 3 is 2.41 bits per heavy atom. The fraction of sp³-hybridized carbons (Fsp3) is 0.900. The van der Waals surface area contributed by atoms with Crippen LogP contribution < -0.4 is 10.5 Å². The summed E-state index contributed by atoms with van der Waals surface area (Å²) in [5.41, 5.74) is 5.75. The molecule has 1 fully saturated rings. The standard InChI is InChI=1S/C10H21N3O3S/c1-8(2)17(15,16)12-10(14)7-13-5-3-9(11)4-6-13/h8-9H,3-7,11H2,1-2H3,(H,12,14). The molecule has 0 spiro atoms. The van der Waals surface area contributed by atoms with Crippen LogP contribution in [0.4, 0.5) is 0 Å². The molecule has 0 aromatic heterocycles. The fourth-order valence-corrected chi connectivity index (χ4v) is 2.24. The highest BCUT2D eigenvalue weighted by molar-refractivity contribution is 7.90. The molecule has 0 atom stereocenters. The highest BCUT2D eigenvalue weighted by atomic mass is 32.2. The summed E-state index contributed by atoms with van der Waals surface area (Å²) in [6.45, 7) is 4.69. The van der Waals surface area contributed by atoms with E-state index in [1.807, 2.05) is 4.90 Å². The molecule has 17 heavy (non-hydrogen) atoms. The van der Waals surface area contributed by atoms with Gasteiger partial charge in [-0.05, 0) is 26.7 Å². The number of nitrogens with two attached hydrogens (primary N) is 1. The molecular formula is C10H21N3O3S. The molecule has 0 aliphatic carbocycles. The zero-order chi connectivity index (χ0) is 13.1. The van der Waals surface area contributed by atoms with Crippen LogP contribution in [-0.2, 0) is 14.8 Å². The van der Waals surface area contributed by atoms with Crippen LogP contribution in [-0.4, -0.2) is 50.2 Å². The van der Waals surface area contributed by atoms with E-state index in [4.69, 9.17) is 5.73 Å². The average molecular weight is 263 g/mol. The van der Waals surface area contributed by atoms with Crippen LogP contribution in [0.5, 0.6) is 0 Å². The lowest BCUT2D eigenvalue weighted by atomic mass is 10.1. The van der Waals surface area contributed by atoms with Crippen LogP contribution in [0.1, 0.15) is 26.7 Å². The number of amides is 1. The van der Waals surface area contributed by atoms with Crippen molar-refractivity contribution < 1.29 is 13.2 Å². The summed E-state index contributed by atoms with van der Waals surface area (Å²) in [5, 5.41) is -0.596. The molecule has 0 bridgehead atoms. The maximum absolute atomic E-state index is 11.5. The first-order chi connectivity index (χ1) is 7.81. The number of nitrogens with one attached hydrogen (secondary N) is 1. The van der Waals surface area contributed by atoms with Gasteiger partial charge in [0, 0.05) is 19.1 Å². The molecule has 1 aliphatic rings. The number of likely N-dealkylation sites (tertiary alicyclic amines) is 1. The number of nitrogens with zero attached hydrogens (tertiary/aromatic N) is 1. The van der Waals surface area contributed by atoms with Gasteiger partial charge in [0.1, 0.15) is 0 Å². The highest BCUT2D eigenvalue weighted by Gasteiger charge is 2.22. The van der Waals surface area contributed by atoms with Gasteiger partial charge in [0.05, 0.1) is 11.8 Å². The summed E-state index contributed by atoms with van der Waals surface area (Å²) < 4.78 is 25.0. The smallest absolute Gasteiger partial charge is 0.247 e. The Labute approximate surface area is 103 Å². The Balaban J connectivity index is 2.40. The van der Waals surface area contributed by atoms with Crippen molar-refractivity contribution in [1.82, 2.24) is 9.62 Å². The van der Waals surface area contributed by atoms with Gasteiger partial charge in [0.15, 0.2) is 0 Å². The molecule has 0 aromatic carbocycles. The first-order valence-corrected chi connectivity index (χ1v) is 7.38. The number of hydrogen-bond donors (Lipinski definition) is 2. The molecule has 0 saturated carbocycles. The van der Waals surface area contributed by atoms with Gasteiger partial charge < -0.3 is 5.73 Å². The minimum atomic E-state index is -3.51. The number of hydrogen-bond acceptors (Lipinski definition) is 5. The number of piperidine rings is 1. The summed E-state index contributed by atoms with van der Waals surface area (Å²) in [6, 6.07) is 0.203. The predicted molar refractivity (Wildman–Crippen MR) is 65.8 cm³/mol. The molecule has 1 rings (SSSR count). The molecule has 0 unspecified atom stereocenters. The quantitative estimate of drug-likeness (QED) is 0.697. The molecule has 1 aliphatic heterocycles. The lowest BCUT2D eigenvalue weighted by molar-refractivity contribution is -0.120. The van der Waals surface area contributed by atoms with Crippen molar-refractivity contribution >= 4 is 15.9 Å². The van der Waals surface area contributed by atoms with Crippen LogP contribution in [0, 0.1) is 0 Å².